The molecule has 166 valence electrons. The van der Waals surface area contributed by atoms with E-state index in [1.54, 1.807) is 38.5 Å². The number of carbonyl (C=O) groups is 2. The number of aromatic nitrogens is 1. The first-order chi connectivity index (χ1) is 14.9. The molecular weight excluding hydrogens is 398 g/mol. The van der Waals surface area contributed by atoms with Crippen LogP contribution in [0.1, 0.15) is 40.2 Å². The van der Waals surface area contributed by atoms with Gasteiger partial charge in [0, 0.05) is 47.8 Å². The lowest BCUT2D eigenvalue weighted by molar-refractivity contribution is -0.136. The number of methoxy groups -OCH3 is 2. The average Bonchev–Trinajstić information content (AvgIpc) is 3.39. The van der Waals surface area contributed by atoms with Gasteiger partial charge in [0.2, 0.25) is 5.78 Å². The normalized spacial score (nSPS) is 15.9. The minimum Gasteiger partial charge on any atom is -0.497 e. The third-order valence-electron chi connectivity index (χ3n) is 5.47. The molecule has 7 heteroatoms. The van der Waals surface area contributed by atoms with E-state index in [-0.39, 0.29) is 18.5 Å². The van der Waals surface area contributed by atoms with Crippen molar-refractivity contribution in [2.75, 3.05) is 27.4 Å². The lowest BCUT2D eigenvalue weighted by Gasteiger charge is -2.14. The third-order valence-corrected chi connectivity index (χ3v) is 5.47. The molecule has 1 fully saturated rings. The van der Waals surface area contributed by atoms with E-state index in [0.717, 1.165) is 37.4 Å². The predicted octanol–water partition coefficient (Wildman–Crippen LogP) is 3.74. The van der Waals surface area contributed by atoms with Crippen molar-refractivity contribution in [3.8, 4) is 11.5 Å². The van der Waals surface area contributed by atoms with Crippen molar-refractivity contribution in [2.24, 2.45) is 0 Å². The van der Waals surface area contributed by atoms with E-state index in [9.17, 15) is 9.59 Å². The summed E-state index contributed by atoms with van der Waals surface area (Å²) in [4.78, 5) is 24.8. The zero-order valence-corrected chi connectivity index (χ0v) is 18.5. The molecular formula is C24H29NO6. The Morgan fingerprint density at radius 2 is 2.00 bits per heavy atom. The first-order valence-corrected chi connectivity index (χ1v) is 10.3. The molecule has 0 amide bonds. The van der Waals surface area contributed by atoms with Gasteiger partial charge in [-0.25, -0.2) is 4.79 Å². The lowest BCUT2D eigenvalue weighted by Crippen LogP contribution is -2.18. The van der Waals surface area contributed by atoms with Gasteiger partial charge in [-0.1, -0.05) is 0 Å². The summed E-state index contributed by atoms with van der Waals surface area (Å²) < 4.78 is 23.4. The number of esters is 1. The number of aryl methyl sites for hydroxylation is 1. The van der Waals surface area contributed by atoms with Gasteiger partial charge in [0.1, 0.15) is 11.5 Å². The molecule has 0 radical (unpaired) electrons. The molecule has 0 aliphatic carbocycles. The minimum atomic E-state index is -0.598. The zero-order valence-electron chi connectivity index (χ0n) is 18.5. The Hall–Kier alpha value is -3.06. The van der Waals surface area contributed by atoms with E-state index in [4.69, 9.17) is 18.9 Å². The van der Waals surface area contributed by atoms with Crippen molar-refractivity contribution in [3.63, 3.8) is 0 Å². The minimum absolute atomic E-state index is 0.186. The topological polar surface area (TPSA) is 76.0 Å². The molecule has 2 aromatic rings. The molecule has 0 bridgehead atoms. The molecule has 31 heavy (non-hydrogen) atoms. The highest BCUT2D eigenvalue weighted by atomic mass is 16.5. The van der Waals surface area contributed by atoms with Gasteiger partial charge in [-0.2, -0.15) is 0 Å². The highest BCUT2D eigenvalue weighted by Gasteiger charge is 2.21. The summed E-state index contributed by atoms with van der Waals surface area (Å²) in [7, 11) is 3.11. The number of benzene rings is 1. The van der Waals surface area contributed by atoms with Crippen LogP contribution in [0.25, 0.3) is 6.08 Å². The molecule has 1 saturated heterocycles. The number of rotatable bonds is 9. The fraction of sp³-hybridized carbons (Fsp3) is 0.417. The highest BCUT2D eigenvalue weighted by Crippen LogP contribution is 2.25. The molecule has 0 saturated carbocycles. The van der Waals surface area contributed by atoms with Crippen molar-refractivity contribution in [3.05, 3.63) is 52.9 Å². The van der Waals surface area contributed by atoms with Crippen molar-refractivity contribution in [1.82, 2.24) is 4.57 Å². The summed E-state index contributed by atoms with van der Waals surface area (Å²) in [6.07, 6.45) is 5.15. The van der Waals surface area contributed by atoms with Gasteiger partial charge in [-0.15, -0.1) is 0 Å². The second kappa shape index (κ2) is 10.3. The van der Waals surface area contributed by atoms with Gasteiger partial charge in [0.25, 0.3) is 0 Å². The van der Waals surface area contributed by atoms with Crippen LogP contribution in [0.5, 0.6) is 11.5 Å². The smallest absolute Gasteiger partial charge is 0.331 e. The lowest BCUT2D eigenvalue weighted by atomic mass is 10.1. The zero-order chi connectivity index (χ0) is 22.4. The van der Waals surface area contributed by atoms with Crippen molar-refractivity contribution in [2.45, 2.75) is 39.3 Å². The number of carbonyl (C=O) groups excluding carboxylic acids is 2. The van der Waals surface area contributed by atoms with E-state index < -0.39 is 5.97 Å². The van der Waals surface area contributed by atoms with Crippen molar-refractivity contribution in [1.29, 1.82) is 0 Å². The SMILES string of the molecule is COc1ccc(C=CC(=O)OCC(=O)c2cc(C)n(CC3CCCO3)c2C)c(OC)c1. The van der Waals surface area contributed by atoms with Crippen LogP contribution in [-0.4, -0.2) is 49.9 Å². The molecule has 0 spiro atoms. The van der Waals surface area contributed by atoms with Crippen LogP contribution in [0.2, 0.25) is 0 Å². The molecule has 7 nitrogen and oxygen atoms in total. The molecule has 1 aromatic heterocycles. The average molecular weight is 427 g/mol. The van der Waals surface area contributed by atoms with Gasteiger partial charge in [-0.05, 0) is 51.0 Å². The Balaban J connectivity index is 1.59. The summed E-state index contributed by atoms with van der Waals surface area (Å²) in [6, 6.07) is 7.11. The van der Waals surface area contributed by atoms with Crippen molar-refractivity contribution < 1.29 is 28.5 Å². The number of ether oxygens (including phenoxy) is 4. The Kier molecular flexibility index (Phi) is 7.52. The van der Waals surface area contributed by atoms with Crippen LogP contribution < -0.4 is 9.47 Å². The highest BCUT2D eigenvalue weighted by molar-refractivity contribution is 6.00. The summed E-state index contributed by atoms with van der Waals surface area (Å²) >= 11 is 0. The van der Waals surface area contributed by atoms with Gasteiger partial charge in [0.15, 0.2) is 6.61 Å². The third kappa shape index (κ3) is 5.55. The first-order valence-electron chi connectivity index (χ1n) is 10.3. The number of ketones is 1. The Labute approximate surface area is 182 Å². The van der Waals surface area contributed by atoms with E-state index >= 15 is 0 Å². The van der Waals surface area contributed by atoms with E-state index in [1.807, 2.05) is 19.9 Å². The van der Waals surface area contributed by atoms with Crippen LogP contribution in [0, 0.1) is 13.8 Å². The van der Waals surface area contributed by atoms with E-state index in [0.29, 0.717) is 22.6 Å². The molecule has 1 atom stereocenters. The monoisotopic (exact) mass is 427 g/mol. The molecule has 1 aliphatic heterocycles. The first kappa shape index (κ1) is 22.6. The van der Waals surface area contributed by atoms with Gasteiger partial charge >= 0.3 is 5.97 Å². The van der Waals surface area contributed by atoms with E-state index in [1.165, 1.54) is 6.08 Å². The Morgan fingerprint density at radius 3 is 2.68 bits per heavy atom. The maximum atomic E-state index is 12.6. The van der Waals surface area contributed by atoms with Gasteiger partial charge < -0.3 is 23.5 Å². The Morgan fingerprint density at radius 1 is 1.19 bits per heavy atom. The van der Waals surface area contributed by atoms with Crippen LogP contribution in [0.15, 0.2) is 30.3 Å². The number of hydrogen-bond donors (Lipinski definition) is 0. The maximum Gasteiger partial charge on any atom is 0.331 e. The molecule has 3 rings (SSSR count). The standard InChI is InChI=1S/C24H29NO6/c1-16-12-21(17(2)25(16)14-20-6-5-11-30-20)22(26)15-31-24(27)10-8-18-7-9-19(28-3)13-23(18)29-4/h7-10,12-13,20H,5-6,11,14-15H2,1-4H3. The van der Waals surface area contributed by atoms with Gasteiger partial charge in [-0.3, -0.25) is 4.79 Å². The summed E-state index contributed by atoms with van der Waals surface area (Å²) in [5, 5.41) is 0. The molecule has 0 N–H and O–H groups in total. The van der Waals surface area contributed by atoms with Crippen molar-refractivity contribution >= 4 is 17.8 Å². The molecule has 1 aromatic carbocycles. The summed E-state index contributed by atoms with van der Waals surface area (Å²) in [6.45, 7) is 5.09. The fourth-order valence-corrected chi connectivity index (χ4v) is 3.73. The van der Waals surface area contributed by atoms with E-state index in [2.05, 4.69) is 4.57 Å². The molecule has 1 unspecified atom stereocenters. The van der Waals surface area contributed by atoms with Crippen LogP contribution in [0.4, 0.5) is 0 Å². The quantitative estimate of drug-likeness (QED) is 0.345. The van der Waals surface area contributed by atoms with Gasteiger partial charge in [0.05, 0.1) is 20.3 Å². The summed E-state index contributed by atoms with van der Waals surface area (Å²) in [5.41, 5.74) is 3.13. The molecule has 2 heterocycles. The second-order valence-electron chi connectivity index (χ2n) is 7.50. The second-order valence-corrected chi connectivity index (χ2v) is 7.50. The van der Waals surface area contributed by atoms with Crippen LogP contribution >= 0.6 is 0 Å². The number of nitrogens with zero attached hydrogens (tertiary/aromatic N) is 1. The fourth-order valence-electron chi connectivity index (χ4n) is 3.73. The number of Topliss-reactive ketones (excluding diaryl/α,β-unsaturated/α-hetero) is 1. The molecule has 1 aliphatic rings. The van der Waals surface area contributed by atoms with Crippen LogP contribution in [0.3, 0.4) is 0 Å². The maximum absolute atomic E-state index is 12.6. The Bertz CT molecular complexity index is 969. The largest absolute Gasteiger partial charge is 0.497 e. The predicted molar refractivity (Wildman–Crippen MR) is 117 cm³/mol. The van der Waals surface area contributed by atoms with Crippen LogP contribution in [-0.2, 0) is 20.8 Å². The summed E-state index contributed by atoms with van der Waals surface area (Å²) in [5.74, 6) is 0.396. The number of hydrogen-bond acceptors (Lipinski definition) is 6.